The van der Waals surface area contributed by atoms with E-state index in [1.165, 1.54) is 11.3 Å². The molecule has 150 valence electrons. The molecular formula is C22H22N2O4S. The fourth-order valence-electron chi connectivity index (χ4n) is 3.02. The molecule has 6 nitrogen and oxygen atoms in total. The van der Waals surface area contributed by atoms with Crippen molar-refractivity contribution >= 4 is 22.9 Å². The first-order chi connectivity index (χ1) is 14.1. The number of carbonyl (C=O) groups is 1. The number of nitrogens with one attached hydrogen (secondary N) is 1. The summed E-state index contributed by atoms with van der Waals surface area (Å²) >= 11 is 1.37. The maximum atomic E-state index is 12.8. The Morgan fingerprint density at radius 2 is 1.90 bits per heavy atom. The molecule has 1 aromatic heterocycles. The predicted molar refractivity (Wildman–Crippen MR) is 113 cm³/mol. The first kappa shape index (κ1) is 19.3. The molecule has 1 aliphatic heterocycles. The van der Waals surface area contributed by atoms with Crippen LogP contribution in [0.2, 0.25) is 0 Å². The number of carbonyl (C=O) groups excluding carboxylic acids is 1. The molecule has 0 saturated heterocycles. The number of benzene rings is 2. The topological polar surface area (TPSA) is 69.7 Å². The minimum Gasteiger partial charge on any atom is -0.494 e. The molecule has 2 aromatic carbocycles. The number of hydrogen-bond donors (Lipinski definition) is 1. The fourth-order valence-corrected chi connectivity index (χ4v) is 3.99. The second kappa shape index (κ2) is 8.53. The van der Waals surface area contributed by atoms with E-state index in [4.69, 9.17) is 14.2 Å². The van der Waals surface area contributed by atoms with Crippen LogP contribution < -0.4 is 19.5 Å². The number of anilines is 1. The molecule has 3 aromatic rings. The van der Waals surface area contributed by atoms with Crippen LogP contribution in [0.15, 0.2) is 42.5 Å². The van der Waals surface area contributed by atoms with Crippen molar-refractivity contribution in [2.24, 2.45) is 0 Å². The lowest BCUT2D eigenvalue weighted by Crippen LogP contribution is -2.11. The molecule has 1 aliphatic rings. The summed E-state index contributed by atoms with van der Waals surface area (Å²) in [5, 5.41) is 3.74. The zero-order chi connectivity index (χ0) is 20.2. The third-order valence-corrected chi connectivity index (χ3v) is 5.63. The highest BCUT2D eigenvalue weighted by molar-refractivity contribution is 7.17. The minimum absolute atomic E-state index is 0.188. The molecule has 7 heteroatoms. The first-order valence-corrected chi connectivity index (χ1v) is 10.4. The molecule has 2 heterocycles. The Morgan fingerprint density at radius 1 is 1.14 bits per heavy atom. The van der Waals surface area contributed by atoms with Crippen molar-refractivity contribution in [2.45, 2.75) is 20.3 Å². The maximum Gasteiger partial charge on any atom is 0.267 e. The molecule has 29 heavy (non-hydrogen) atoms. The van der Waals surface area contributed by atoms with Gasteiger partial charge in [-0.05, 0) is 50.2 Å². The Kier molecular flexibility index (Phi) is 5.67. The average molecular weight is 410 g/mol. The van der Waals surface area contributed by atoms with Crippen LogP contribution in [-0.4, -0.2) is 30.7 Å². The molecule has 1 N–H and O–H groups in total. The van der Waals surface area contributed by atoms with E-state index in [1.807, 2.05) is 50.2 Å². The van der Waals surface area contributed by atoms with Gasteiger partial charge in [0, 0.05) is 23.7 Å². The van der Waals surface area contributed by atoms with Gasteiger partial charge < -0.3 is 19.5 Å². The number of thiazole rings is 1. The van der Waals surface area contributed by atoms with Gasteiger partial charge in [0.15, 0.2) is 11.5 Å². The number of ether oxygens (including phenoxy) is 3. The molecule has 0 bridgehead atoms. The van der Waals surface area contributed by atoms with Gasteiger partial charge in [0.1, 0.15) is 15.6 Å². The molecular weight excluding hydrogens is 388 g/mol. The Morgan fingerprint density at radius 3 is 2.66 bits per heavy atom. The number of aromatic nitrogens is 1. The number of amides is 1. The SMILES string of the molecule is CCOc1ccc(-c2nc(C)c(C(=O)Nc3ccc4c(c3)OCCCO4)s2)cc1. The maximum absolute atomic E-state index is 12.8. The Balaban J connectivity index is 1.51. The van der Waals surface area contributed by atoms with Crippen LogP contribution in [0, 0.1) is 6.92 Å². The van der Waals surface area contributed by atoms with Crippen molar-refractivity contribution in [2.75, 3.05) is 25.1 Å². The van der Waals surface area contributed by atoms with Gasteiger partial charge in [-0.3, -0.25) is 4.79 Å². The molecule has 0 saturated carbocycles. The van der Waals surface area contributed by atoms with Crippen LogP contribution in [0.25, 0.3) is 10.6 Å². The van der Waals surface area contributed by atoms with Gasteiger partial charge in [0.2, 0.25) is 0 Å². The van der Waals surface area contributed by atoms with Crippen LogP contribution in [0.5, 0.6) is 17.2 Å². The van der Waals surface area contributed by atoms with Gasteiger partial charge in [0.05, 0.1) is 25.5 Å². The highest BCUT2D eigenvalue weighted by atomic mass is 32.1. The lowest BCUT2D eigenvalue weighted by Gasteiger charge is -2.10. The molecule has 0 spiro atoms. The lowest BCUT2D eigenvalue weighted by molar-refractivity contribution is 0.103. The standard InChI is InChI=1S/C22H22N2O4S/c1-3-26-17-8-5-15(6-9-17)22-23-14(2)20(29-22)21(25)24-16-7-10-18-19(13-16)28-12-4-11-27-18/h5-10,13H,3-4,11-12H2,1-2H3,(H,24,25). The van der Waals surface area contributed by atoms with Crippen LogP contribution >= 0.6 is 11.3 Å². The molecule has 0 unspecified atom stereocenters. The van der Waals surface area contributed by atoms with E-state index in [1.54, 1.807) is 6.07 Å². The van der Waals surface area contributed by atoms with Gasteiger partial charge in [-0.2, -0.15) is 0 Å². The van der Waals surface area contributed by atoms with Gasteiger partial charge in [-0.15, -0.1) is 11.3 Å². The summed E-state index contributed by atoms with van der Waals surface area (Å²) in [5.41, 5.74) is 2.32. The molecule has 1 amide bonds. The highest BCUT2D eigenvalue weighted by Crippen LogP contribution is 2.33. The summed E-state index contributed by atoms with van der Waals surface area (Å²) in [4.78, 5) is 18.0. The zero-order valence-corrected chi connectivity index (χ0v) is 17.2. The van der Waals surface area contributed by atoms with Crippen LogP contribution in [0.3, 0.4) is 0 Å². The number of hydrogen-bond acceptors (Lipinski definition) is 6. The predicted octanol–water partition coefficient (Wildman–Crippen LogP) is 4.93. The van der Waals surface area contributed by atoms with Crippen molar-refractivity contribution in [1.82, 2.24) is 4.98 Å². The second-order valence-corrected chi connectivity index (χ2v) is 7.56. The Bertz CT molecular complexity index is 1010. The molecule has 0 atom stereocenters. The smallest absolute Gasteiger partial charge is 0.267 e. The summed E-state index contributed by atoms with van der Waals surface area (Å²) in [6.07, 6.45) is 0.838. The van der Waals surface area contributed by atoms with Crippen LogP contribution in [0.4, 0.5) is 5.69 Å². The Labute approximate surface area is 173 Å². The highest BCUT2D eigenvalue weighted by Gasteiger charge is 2.18. The average Bonchev–Trinajstić information content (AvgIpc) is 2.96. The fraction of sp³-hybridized carbons (Fsp3) is 0.273. The summed E-state index contributed by atoms with van der Waals surface area (Å²) in [6, 6.07) is 13.2. The minimum atomic E-state index is -0.188. The van der Waals surface area contributed by atoms with E-state index < -0.39 is 0 Å². The third-order valence-electron chi connectivity index (χ3n) is 4.42. The third kappa shape index (κ3) is 4.35. The largest absolute Gasteiger partial charge is 0.494 e. The normalized spacial score (nSPS) is 12.9. The van der Waals surface area contributed by atoms with E-state index in [0.717, 1.165) is 22.7 Å². The molecule has 0 fully saturated rings. The first-order valence-electron chi connectivity index (χ1n) is 9.55. The van der Waals surface area contributed by atoms with Gasteiger partial charge in [-0.25, -0.2) is 4.98 Å². The van der Waals surface area contributed by atoms with Crippen molar-refractivity contribution in [3.63, 3.8) is 0 Å². The van der Waals surface area contributed by atoms with Crippen molar-refractivity contribution in [3.05, 3.63) is 53.0 Å². The number of rotatable bonds is 5. The monoisotopic (exact) mass is 410 g/mol. The van der Waals surface area contributed by atoms with Gasteiger partial charge >= 0.3 is 0 Å². The van der Waals surface area contributed by atoms with Crippen LogP contribution in [0.1, 0.15) is 28.7 Å². The van der Waals surface area contributed by atoms with E-state index in [2.05, 4.69) is 10.3 Å². The van der Waals surface area contributed by atoms with Crippen LogP contribution in [-0.2, 0) is 0 Å². The number of aryl methyl sites for hydroxylation is 1. The van der Waals surface area contributed by atoms with Gasteiger partial charge in [-0.1, -0.05) is 0 Å². The summed E-state index contributed by atoms with van der Waals surface area (Å²) in [5.74, 6) is 1.98. The molecule has 4 rings (SSSR count). The lowest BCUT2D eigenvalue weighted by atomic mass is 10.2. The van der Waals surface area contributed by atoms with Crippen molar-refractivity contribution in [3.8, 4) is 27.8 Å². The summed E-state index contributed by atoms with van der Waals surface area (Å²) in [7, 11) is 0. The second-order valence-electron chi connectivity index (χ2n) is 6.56. The Hall–Kier alpha value is -3.06. The van der Waals surface area contributed by atoms with E-state index in [9.17, 15) is 4.79 Å². The zero-order valence-electron chi connectivity index (χ0n) is 16.4. The summed E-state index contributed by atoms with van der Waals surface area (Å²) in [6.45, 7) is 5.65. The quantitative estimate of drug-likeness (QED) is 0.646. The van der Waals surface area contributed by atoms with Crippen molar-refractivity contribution < 1.29 is 19.0 Å². The van der Waals surface area contributed by atoms with E-state index in [-0.39, 0.29) is 5.91 Å². The van der Waals surface area contributed by atoms with Gasteiger partial charge in [0.25, 0.3) is 5.91 Å². The van der Waals surface area contributed by atoms with E-state index >= 15 is 0 Å². The number of nitrogens with zero attached hydrogens (tertiary/aromatic N) is 1. The molecule has 0 aliphatic carbocycles. The summed E-state index contributed by atoms with van der Waals surface area (Å²) < 4.78 is 16.8. The van der Waals surface area contributed by atoms with Crippen molar-refractivity contribution in [1.29, 1.82) is 0 Å². The number of fused-ring (bicyclic) bond motifs is 1. The van der Waals surface area contributed by atoms with E-state index in [0.29, 0.717) is 47.6 Å². The molecule has 0 radical (unpaired) electrons.